The Morgan fingerprint density at radius 3 is 2.07 bits per heavy atom. The number of benzene rings is 2. The van der Waals surface area contributed by atoms with Crippen LogP contribution in [-0.4, -0.2) is 46.6 Å². The van der Waals surface area contributed by atoms with Crippen LogP contribution in [0.3, 0.4) is 0 Å². The van der Waals surface area contributed by atoms with Gasteiger partial charge in [-0.3, -0.25) is 0 Å². The Hall–Kier alpha value is -2.11. The third-order valence-electron chi connectivity index (χ3n) is 4.45. The lowest BCUT2D eigenvalue weighted by Gasteiger charge is -2.37. The third-order valence-corrected chi connectivity index (χ3v) is 8.45. The summed E-state index contributed by atoms with van der Waals surface area (Å²) >= 11 is 0. The van der Waals surface area contributed by atoms with Gasteiger partial charge in [0.1, 0.15) is 5.75 Å². The molecule has 0 spiro atoms. The molecule has 6 nitrogen and oxygen atoms in total. The average molecular weight is 435 g/mol. The fourth-order valence-corrected chi connectivity index (χ4v) is 6.40. The number of halogens is 3. The number of hydrogen-bond acceptors (Lipinski definition) is 5. The Bertz CT molecular complexity index is 1070. The van der Waals surface area contributed by atoms with Crippen molar-refractivity contribution < 1.29 is 34.7 Å². The van der Waals surface area contributed by atoms with Gasteiger partial charge in [0.15, 0.2) is 9.84 Å². The standard InChI is InChI=1S/C17H16F3NO5S2/c1-26-12-6-8-13(9-7-12)27(22,23)14-10-21(11-14)28(24,25)16-5-3-2-4-15(16)17(18,19)20/h2-9,14H,10-11H2,1H3. The monoisotopic (exact) mass is 435 g/mol. The maximum absolute atomic E-state index is 13.1. The van der Waals surface area contributed by atoms with E-state index in [1.165, 1.54) is 37.4 Å². The molecule has 0 atom stereocenters. The Morgan fingerprint density at radius 2 is 1.54 bits per heavy atom. The van der Waals surface area contributed by atoms with Crippen molar-refractivity contribution >= 4 is 19.9 Å². The predicted molar refractivity (Wildman–Crippen MR) is 94.2 cm³/mol. The smallest absolute Gasteiger partial charge is 0.417 e. The highest BCUT2D eigenvalue weighted by Gasteiger charge is 2.46. The number of hydrogen-bond donors (Lipinski definition) is 0. The van der Waals surface area contributed by atoms with Crippen molar-refractivity contribution in [3.63, 3.8) is 0 Å². The molecule has 1 heterocycles. The van der Waals surface area contributed by atoms with Crippen molar-refractivity contribution in [2.24, 2.45) is 0 Å². The molecule has 0 radical (unpaired) electrons. The summed E-state index contributed by atoms with van der Waals surface area (Å²) in [6.45, 7) is -0.828. The van der Waals surface area contributed by atoms with E-state index in [1.807, 2.05) is 0 Å². The summed E-state index contributed by atoms with van der Waals surface area (Å²) in [6.07, 6.45) is -4.84. The second kappa shape index (κ2) is 7.05. The van der Waals surface area contributed by atoms with E-state index in [4.69, 9.17) is 4.74 Å². The van der Waals surface area contributed by atoms with Crippen molar-refractivity contribution in [2.75, 3.05) is 20.2 Å². The molecule has 0 aromatic heterocycles. The van der Waals surface area contributed by atoms with E-state index < -0.39 is 54.8 Å². The van der Waals surface area contributed by atoms with Crippen LogP contribution in [0.4, 0.5) is 13.2 Å². The van der Waals surface area contributed by atoms with Crippen LogP contribution in [0.2, 0.25) is 0 Å². The van der Waals surface area contributed by atoms with Gasteiger partial charge < -0.3 is 4.74 Å². The van der Waals surface area contributed by atoms with Crippen molar-refractivity contribution in [1.29, 1.82) is 0 Å². The number of sulfonamides is 1. The summed E-state index contributed by atoms with van der Waals surface area (Å²) in [5.74, 6) is 0.459. The maximum Gasteiger partial charge on any atom is 0.417 e. The highest BCUT2D eigenvalue weighted by atomic mass is 32.2. The van der Waals surface area contributed by atoms with Crippen LogP contribution < -0.4 is 4.74 Å². The Labute approximate surface area is 160 Å². The molecule has 1 aliphatic heterocycles. The zero-order chi connectivity index (χ0) is 20.7. The third kappa shape index (κ3) is 3.61. The first-order chi connectivity index (χ1) is 13.0. The minimum atomic E-state index is -4.84. The number of methoxy groups -OCH3 is 1. The molecule has 152 valence electrons. The molecule has 0 saturated carbocycles. The van der Waals surface area contributed by atoms with E-state index in [9.17, 15) is 30.0 Å². The maximum atomic E-state index is 13.1. The number of sulfone groups is 1. The van der Waals surface area contributed by atoms with Gasteiger partial charge >= 0.3 is 6.18 Å². The minimum absolute atomic E-state index is 0.00830. The lowest BCUT2D eigenvalue weighted by molar-refractivity contribution is -0.139. The number of ether oxygens (including phenoxy) is 1. The number of rotatable bonds is 5. The van der Waals surface area contributed by atoms with E-state index in [-0.39, 0.29) is 4.90 Å². The lowest BCUT2D eigenvalue weighted by Crippen LogP contribution is -2.56. The number of alkyl halides is 3. The normalized spacial score (nSPS) is 16.6. The van der Waals surface area contributed by atoms with Gasteiger partial charge in [0.2, 0.25) is 10.0 Å². The van der Waals surface area contributed by atoms with Gasteiger partial charge in [-0.1, -0.05) is 12.1 Å². The fraction of sp³-hybridized carbons (Fsp3) is 0.294. The topological polar surface area (TPSA) is 80.8 Å². The zero-order valence-electron chi connectivity index (χ0n) is 14.5. The molecule has 0 bridgehead atoms. The van der Waals surface area contributed by atoms with Gasteiger partial charge in [-0.05, 0) is 36.4 Å². The molecule has 0 unspecified atom stereocenters. The molecule has 0 aliphatic carbocycles. The van der Waals surface area contributed by atoms with E-state index in [0.717, 1.165) is 16.4 Å². The van der Waals surface area contributed by atoms with Gasteiger partial charge in [-0.2, -0.15) is 17.5 Å². The predicted octanol–water partition coefficient (Wildman–Crippen LogP) is 2.56. The van der Waals surface area contributed by atoms with Gasteiger partial charge in [-0.25, -0.2) is 16.8 Å². The molecule has 1 saturated heterocycles. The highest BCUT2D eigenvalue weighted by Crippen LogP contribution is 2.37. The first-order valence-electron chi connectivity index (χ1n) is 8.02. The molecule has 28 heavy (non-hydrogen) atoms. The van der Waals surface area contributed by atoms with Crippen LogP contribution in [0, 0.1) is 0 Å². The summed E-state index contributed by atoms with van der Waals surface area (Å²) in [5.41, 5.74) is -1.28. The van der Waals surface area contributed by atoms with Crippen LogP contribution in [0.25, 0.3) is 0 Å². The molecule has 0 N–H and O–H groups in total. The SMILES string of the molecule is COc1ccc(S(=O)(=O)C2CN(S(=O)(=O)c3ccccc3C(F)(F)F)C2)cc1. The Balaban J connectivity index is 1.83. The van der Waals surface area contributed by atoms with E-state index >= 15 is 0 Å². The second-order valence-electron chi connectivity index (χ2n) is 6.16. The number of nitrogens with zero attached hydrogens (tertiary/aromatic N) is 1. The largest absolute Gasteiger partial charge is 0.497 e. The van der Waals surface area contributed by atoms with Crippen LogP contribution in [0.1, 0.15) is 5.56 Å². The molecule has 1 fully saturated rings. The molecule has 2 aromatic rings. The van der Waals surface area contributed by atoms with Crippen molar-refractivity contribution in [3.05, 3.63) is 54.1 Å². The van der Waals surface area contributed by atoms with Crippen molar-refractivity contribution in [2.45, 2.75) is 21.2 Å². The summed E-state index contributed by atoms with van der Waals surface area (Å²) in [6, 6.07) is 9.41. The van der Waals surface area contributed by atoms with Gasteiger partial charge in [0.25, 0.3) is 0 Å². The summed E-state index contributed by atoms with van der Waals surface area (Å²) in [5, 5.41) is -1.03. The first-order valence-corrected chi connectivity index (χ1v) is 11.0. The molecule has 1 aliphatic rings. The second-order valence-corrected chi connectivity index (χ2v) is 10.3. The first kappa shape index (κ1) is 20.6. The van der Waals surface area contributed by atoms with Gasteiger partial charge in [-0.15, -0.1) is 0 Å². The zero-order valence-corrected chi connectivity index (χ0v) is 16.2. The molecule has 3 rings (SSSR count). The Kier molecular flexibility index (Phi) is 5.19. The van der Waals surface area contributed by atoms with Crippen LogP contribution in [0.5, 0.6) is 5.75 Å². The van der Waals surface area contributed by atoms with Crippen LogP contribution in [0.15, 0.2) is 58.3 Å². The molecular weight excluding hydrogens is 419 g/mol. The Morgan fingerprint density at radius 1 is 0.964 bits per heavy atom. The van der Waals surface area contributed by atoms with E-state index in [0.29, 0.717) is 11.8 Å². The molecule has 0 amide bonds. The van der Waals surface area contributed by atoms with Gasteiger partial charge in [0.05, 0.1) is 27.7 Å². The van der Waals surface area contributed by atoms with Crippen molar-refractivity contribution in [3.8, 4) is 5.75 Å². The molecule has 2 aromatic carbocycles. The van der Waals surface area contributed by atoms with Crippen LogP contribution >= 0.6 is 0 Å². The average Bonchev–Trinajstić information content (AvgIpc) is 2.59. The molecular formula is C17H16F3NO5S2. The van der Waals surface area contributed by atoms with Gasteiger partial charge in [0, 0.05) is 13.1 Å². The summed E-state index contributed by atoms with van der Waals surface area (Å²) in [7, 11) is -6.87. The quantitative estimate of drug-likeness (QED) is 0.721. The summed E-state index contributed by atoms with van der Waals surface area (Å²) < 4.78 is 95.5. The van der Waals surface area contributed by atoms with E-state index in [2.05, 4.69) is 0 Å². The van der Waals surface area contributed by atoms with Crippen molar-refractivity contribution in [1.82, 2.24) is 4.31 Å². The van der Waals surface area contributed by atoms with Crippen LogP contribution in [-0.2, 0) is 26.0 Å². The van der Waals surface area contributed by atoms with E-state index in [1.54, 1.807) is 0 Å². The summed E-state index contributed by atoms with van der Waals surface area (Å²) in [4.78, 5) is -0.895. The highest BCUT2D eigenvalue weighted by molar-refractivity contribution is 7.92. The lowest BCUT2D eigenvalue weighted by atomic mass is 10.2. The fourth-order valence-electron chi connectivity index (χ4n) is 2.82. The minimum Gasteiger partial charge on any atom is -0.497 e. The molecule has 11 heteroatoms.